The summed E-state index contributed by atoms with van der Waals surface area (Å²) < 4.78 is 0. The Labute approximate surface area is 401 Å². The van der Waals surface area contributed by atoms with E-state index in [1.54, 1.807) is 51.4 Å². The quantitative estimate of drug-likeness (QED) is 0.131. The average molecular weight is 965 g/mol. The zero-order chi connectivity index (χ0) is 40.1. The summed E-state index contributed by atoms with van der Waals surface area (Å²) in [4.78, 5) is 0. The maximum atomic E-state index is 2.47. The summed E-state index contributed by atoms with van der Waals surface area (Å²) in [5.41, 5.74) is 5.30. The van der Waals surface area contributed by atoms with Gasteiger partial charge in [-0.25, -0.2) is 12.1 Å². The first-order valence-electron chi connectivity index (χ1n) is 22.3. The second kappa shape index (κ2) is 25.7. The fourth-order valence-corrected chi connectivity index (χ4v) is 19.1. The van der Waals surface area contributed by atoms with Crippen molar-refractivity contribution in [1.29, 1.82) is 0 Å². The molecule has 6 aromatic carbocycles. The van der Waals surface area contributed by atoms with E-state index in [9.17, 15) is 0 Å². The molecule has 8 rings (SSSR count). The molecule has 1 radical (unpaired) electrons. The molecular weight excluding hydrogens is 895 g/mol. The van der Waals surface area contributed by atoms with Crippen LogP contribution >= 0.6 is 0 Å². The zero-order valence-electron chi connectivity index (χ0n) is 37.2. The van der Waals surface area contributed by atoms with Crippen LogP contribution in [0, 0.1) is 0 Å². The molecule has 2 saturated carbocycles. The Balaban J connectivity index is 0.000000242. The van der Waals surface area contributed by atoms with Gasteiger partial charge in [0.25, 0.3) is 0 Å². The minimum atomic E-state index is -1.90. The van der Waals surface area contributed by atoms with Crippen molar-refractivity contribution >= 4 is 56.8 Å². The van der Waals surface area contributed by atoms with E-state index in [4.69, 9.17) is 0 Å². The normalized spacial score (nSPS) is 14.7. The van der Waals surface area contributed by atoms with Crippen LogP contribution in [0.2, 0.25) is 24.2 Å². The first kappa shape index (κ1) is 52.0. The van der Waals surface area contributed by atoms with Crippen molar-refractivity contribution in [3.8, 4) is 0 Å². The van der Waals surface area contributed by atoms with Crippen LogP contribution in [0.1, 0.15) is 115 Å². The number of halogens is 2. The summed E-state index contributed by atoms with van der Waals surface area (Å²) in [6, 6.07) is 58.2. The van der Waals surface area contributed by atoms with Gasteiger partial charge >= 0.3 is 26.2 Å². The first-order valence-corrected chi connectivity index (χ1v) is 28.6. The van der Waals surface area contributed by atoms with Gasteiger partial charge in [0.1, 0.15) is 0 Å². The summed E-state index contributed by atoms with van der Waals surface area (Å²) in [5.74, 6) is 1.16. The van der Waals surface area contributed by atoms with Gasteiger partial charge in [-0.05, 0) is 22.9 Å². The predicted molar refractivity (Wildman–Crippen MR) is 260 cm³/mol. The van der Waals surface area contributed by atoms with Crippen LogP contribution in [0.4, 0.5) is 0 Å². The van der Waals surface area contributed by atoms with Crippen LogP contribution in [0.5, 0.6) is 0 Å². The van der Waals surface area contributed by atoms with E-state index in [1.165, 1.54) is 66.2 Å². The van der Waals surface area contributed by atoms with Crippen molar-refractivity contribution in [2.45, 2.75) is 128 Å². The van der Waals surface area contributed by atoms with Gasteiger partial charge in [-0.15, -0.1) is 0 Å². The van der Waals surface area contributed by atoms with Gasteiger partial charge in [-0.3, -0.25) is 0 Å². The maximum Gasteiger partial charge on any atom is 4.00 e. The third-order valence-corrected chi connectivity index (χ3v) is 24.6. The van der Waals surface area contributed by atoms with E-state index in [1.807, 2.05) is 0 Å². The van der Waals surface area contributed by atoms with Gasteiger partial charge in [0.2, 0.25) is 0 Å². The van der Waals surface area contributed by atoms with Crippen molar-refractivity contribution in [3.05, 3.63) is 169 Å². The van der Waals surface area contributed by atoms with Crippen molar-refractivity contribution in [2.75, 3.05) is 0 Å². The van der Waals surface area contributed by atoms with Crippen LogP contribution < -0.4 is 55.9 Å². The molecule has 6 aromatic rings. The molecule has 0 amide bonds. The number of benzene rings is 4. The molecule has 0 spiro atoms. The minimum absolute atomic E-state index is 0. The molecular formula is C54H69Cl2Si3Zr. The summed E-state index contributed by atoms with van der Waals surface area (Å²) in [7, 11) is -2.98. The SMILES string of the molecule is C1CCC([SiH]C2CCCCC2)CC1.CC(C)c1cc([Si](C)(c2ccccc2)c2ccccc2)c[cH-]1.CC(C)c1cc([Si](C)(c2ccccc2)c2ccccc2)c[cH-]1.[Cl-].[Cl-].[Zr+4]. The summed E-state index contributed by atoms with van der Waals surface area (Å²) >= 11 is 0. The Hall–Kier alpha value is -2.31. The third kappa shape index (κ3) is 13.4. The fourth-order valence-electron chi connectivity index (χ4n) is 9.39. The molecule has 0 N–H and O–H groups in total. The fraction of sp³-hybridized carbons (Fsp3) is 0.370. The first-order chi connectivity index (χ1) is 27.7. The van der Waals surface area contributed by atoms with Crippen molar-refractivity contribution in [3.63, 3.8) is 0 Å². The van der Waals surface area contributed by atoms with Crippen molar-refractivity contribution in [1.82, 2.24) is 0 Å². The zero-order valence-corrected chi connectivity index (χ0v) is 44.3. The van der Waals surface area contributed by atoms with Crippen molar-refractivity contribution in [2.24, 2.45) is 0 Å². The van der Waals surface area contributed by atoms with Crippen LogP contribution in [0.25, 0.3) is 0 Å². The Morgan fingerprint density at radius 2 is 0.700 bits per heavy atom. The van der Waals surface area contributed by atoms with Gasteiger partial charge in [0.05, 0.1) is 16.1 Å². The third-order valence-electron chi connectivity index (χ3n) is 13.3. The molecule has 0 aliphatic heterocycles. The summed E-state index contributed by atoms with van der Waals surface area (Å²) in [5, 5.41) is 8.91. The van der Waals surface area contributed by atoms with E-state index in [0.717, 1.165) is 9.52 Å². The molecule has 0 unspecified atom stereocenters. The maximum absolute atomic E-state index is 2.47. The van der Waals surface area contributed by atoms with Gasteiger partial charge in [0.15, 0.2) is 0 Å². The number of hydrogen-bond donors (Lipinski definition) is 0. The molecule has 0 nitrogen and oxygen atoms in total. The Bertz CT molecular complexity index is 1790. The molecule has 0 heterocycles. The number of hydrogen-bond acceptors (Lipinski definition) is 0. The standard InChI is InChI=1S/2C21H23Si.C12H23Si.2ClH.Zr/c2*1-17(2)18-14-15-21(16-18)22(3,19-10-6-4-7-11-19)20-12-8-5-9-13-20;1-3-7-11(8-4-1)13-12-9-5-2-6-10-12;;;/h2*4-17H,1-3H3;11-13H,1-10H2;2*1H;/q2*-1;;;;+4/p-2. The Kier molecular flexibility index (Phi) is 22.3. The largest absolute Gasteiger partial charge is 4.00 e. The van der Waals surface area contributed by atoms with Crippen LogP contribution in [0.3, 0.4) is 0 Å². The molecule has 2 fully saturated rings. The van der Waals surface area contributed by atoms with E-state index >= 15 is 0 Å². The predicted octanol–water partition coefficient (Wildman–Crippen LogP) is 5.19. The Morgan fingerprint density at radius 3 is 0.933 bits per heavy atom. The molecule has 0 aromatic heterocycles. The van der Waals surface area contributed by atoms with Crippen molar-refractivity contribution < 1.29 is 51.0 Å². The van der Waals surface area contributed by atoms with Crippen LogP contribution in [0.15, 0.2) is 158 Å². The molecule has 0 bridgehead atoms. The molecule has 315 valence electrons. The summed E-state index contributed by atoms with van der Waals surface area (Å²) in [6.07, 6.45) is 15.6. The molecule has 2 aliphatic rings. The van der Waals surface area contributed by atoms with E-state index in [2.05, 4.69) is 199 Å². The van der Waals surface area contributed by atoms with Crippen LogP contribution in [-0.4, -0.2) is 25.7 Å². The van der Waals surface area contributed by atoms with E-state index in [-0.39, 0.29) is 51.0 Å². The molecule has 60 heavy (non-hydrogen) atoms. The second-order valence-corrected chi connectivity index (χ2v) is 28.1. The van der Waals surface area contributed by atoms with Gasteiger partial charge in [-0.1, -0.05) is 247 Å². The number of rotatable bonds is 10. The molecule has 2 aliphatic carbocycles. The molecule has 6 heteroatoms. The van der Waals surface area contributed by atoms with E-state index in [0.29, 0.717) is 11.8 Å². The van der Waals surface area contributed by atoms with E-state index < -0.39 is 16.1 Å². The smallest absolute Gasteiger partial charge is 1.00 e. The molecule has 0 atom stereocenters. The molecule has 0 saturated heterocycles. The topological polar surface area (TPSA) is 0 Å². The van der Waals surface area contributed by atoms with Gasteiger partial charge < -0.3 is 24.8 Å². The minimum Gasteiger partial charge on any atom is -1.00 e. The monoisotopic (exact) mass is 961 g/mol. The van der Waals surface area contributed by atoms with Gasteiger partial charge in [0, 0.05) is 9.52 Å². The summed E-state index contributed by atoms with van der Waals surface area (Å²) in [6.45, 7) is 14.0. The average Bonchev–Trinajstić information content (AvgIpc) is 3.99. The Morgan fingerprint density at radius 1 is 0.433 bits per heavy atom. The van der Waals surface area contributed by atoms with Gasteiger partial charge in [-0.2, -0.15) is 45.8 Å². The second-order valence-electron chi connectivity index (χ2n) is 17.9. The van der Waals surface area contributed by atoms with Crippen LogP contribution in [-0.2, 0) is 26.2 Å².